The topological polar surface area (TPSA) is 67.9 Å². The highest BCUT2D eigenvalue weighted by atomic mass is 16.5. The van der Waals surface area contributed by atoms with Crippen LogP contribution in [0.5, 0.6) is 11.5 Å². The molecule has 1 N–H and O–H groups in total. The Morgan fingerprint density at radius 1 is 1.15 bits per heavy atom. The molecule has 1 heterocycles. The molecule has 0 saturated heterocycles. The molecule has 0 unspecified atom stereocenters. The fourth-order valence-electron chi connectivity index (χ4n) is 2.98. The minimum Gasteiger partial charge on any atom is -0.494 e. The lowest BCUT2D eigenvalue weighted by Crippen LogP contribution is -2.53. The Morgan fingerprint density at radius 2 is 1.85 bits per heavy atom. The number of nitrogens with zero attached hydrogens (tertiary/aromatic N) is 1. The van der Waals surface area contributed by atoms with Gasteiger partial charge in [0.05, 0.1) is 12.3 Å². The van der Waals surface area contributed by atoms with Crippen molar-refractivity contribution in [1.82, 2.24) is 0 Å². The van der Waals surface area contributed by atoms with Crippen LogP contribution < -0.4 is 19.7 Å². The summed E-state index contributed by atoms with van der Waals surface area (Å²) in [6.45, 7) is 6.27. The van der Waals surface area contributed by atoms with Crippen LogP contribution in [0.2, 0.25) is 0 Å². The van der Waals surface area contributed by atoms with Crippen molar-refractivity contribution in [3.63, 3.8) is 0 Å². The first-order valence-corrected chi connectivity index (χ1v) is 9.03. The van der Waals surface area contributed by atoms with Gasteiger partial charge in [0.25, 0.3) is 5.91 Å². The first kappa shape index (κ1) is 18.8. The lowest BCUT2D eigenvalue weighted by Gasteiger charge is -2.38. The van der Waals surface area contributed by atoms with E-state index in [2.05, 4.69) is 5.32 Å². The number of anilines is 2. The second kappa shape index (κ2) is 7.70. The van der Waals surface area contributed by atoms with Crippen molar-refractivity contribution in [2.75, 3.05) is 23.4 Å². The maximum absolute atomic E-state index is 12.7. The molecule has 142 valence electrons. The first-order valence-electron chi connectivity index (χ1n) is 9.03. The maximum Gasteiger partial charge on any atom is 0.270 e. The molecule has 3 rings (SSSR count). The van der Waals surface area contributed by atoms with Gasteiger partial charge in [-0.2, -0.15) is 0 Å². The molecule has 0 bridgehead atoms. The third-order valence-electron chi connectivity index (χ3n) is 4.29. The average Bonchev–Trinajstić information content (AvgIpc) is 2.64. The predicted octanol–water partition coefficient (Wildman–Crippen LogP) is 3.62. The van der Waals surface area contributed by atoms with Crippen molar-refractivity contribution in [2.24, 2.45) is 0 Å². The van der Waals surface area contributed by atoms with Crippen molar-refractivity contribution >= 4 is 23.2 Å². The van der Waals surface area contributed by atoms with E-state index in [0.717, 1.165) is 5.75 Å². The quantitative estimate of drug-likeness (QED) is 0.846. The van der Waals surface area contributed by atoms with E-state index < -0.39 is 5.60 Å². The van der Waals surface area contributed by atoms with Gasteiger partial charge in [0, 0.05) is 18.7 Å². The van der Waals surface area contributed by atoms with E-state index in [9.17, 15) is 9.59 Å². The van der Waals surface area contributed by atoms with Crippen LogP contribution in [0.25, 0.3) is 0 Å². The Bertz CT molecular complexity index is 830. The van der Waals surface area contributed by atoms with Crippen molar-refractivity contribution < 1.29 is 19.1 Å². The standard InChI is InChI=1S/C21H24N2O4/c1-4-26-16-11-9-15(10-12-16)22-19(24)13-14-23-17-7-5-6-8-18(17)27-21(2,3)20(23)25/h5-12H,4,13-14H2,1-3H3,(H,22,24). The van der Waals surface area contributed by atoms with Gasteiger partial charge in [0.1, 0.15) is 11.5 Å². The zero-order valence-corrected chi connectivity index (χ0v) is 15.8. The molecule has 0 spiro atoms. The molecular weight excluding hydrogens is 344 g/mol. The predicted molar refractivity (Wildman–Crippen MR) is 104 cm³/mol. The van der Waals surface area contributed by atoms with Gasteiger partial charge in [-0.25, -0.2) is 0 Å². The third-order valence-corrected chi connectivity index (χ3v) is 4.29. The Balaban J connectivity index is 1.65. The number of hydrogen-bond donors (Lipinski definition) is 1. The van der Waals surface area contributed by atoms with E-state index in [0.29, 0.717) is 23.7 Å². The number of hydrogen-bond acceptors (Lipinski definition) is 4. The molecule has 2 aromatic rings. The zero-order valence-electron chi connectivity index (χ0n) is 15.8. The van der Waals surface area contributed by atoms with Crippen molar-refractivity contribution in [1.29, 1.82) is 0 Å². The van der Waals surface area contributed by atoms with E-state index in [1.807, 2.05) is 43.3 Å². The van der Waals surface area contributed by atoms with E-state index in [4.69, 9.17) is 9.47 Å². The van der Waals surface area contributed by atoms with Crippen LogP contribution in [-0.2, 0) is 9.59 Å². The molecule has 0 aliphatic carbocycles. The first-order chi connectivity index (χ1) is 12.9. The highest BCUT2D eigenvalue weighted by molar-refractivity contribution is 6.03. The van der Waals surface area contributed by atoms with E-state index in [1.54, 1.807) is 30.9 Å². The summed E-state index contributed by atoms with van der Waals surface area (Å²) in [5.41, 5.74) is 0.424. The highest BCUT2D eigenvalue weighted by Gasteiger charge is 2.40. The van der Waals surface area contributed by atoms with Gasteiger partial charge in [0.15, 0.2) is 5.60 Å². The van der Waals surface area contributed by atoms with Crippen molar-refractivity contribution in [2.45, 2.75) is 32.8 Å². The van der Waals surface area contributed by atoms with Crippen molar-refractivity contribution in [3.05, 3.63) is 48.5 Å². The minimum absolute atomic E-state index is 0.157. The Morgan fingerprint density at radius 3 is 2.56 bits per heavy atom. The second-order valence-corrected chi connectivity index (χ2v) is 6.79. The molecule has 27 heavy (non-hydrogen) atoms. The van der Waals surface area contributed by atoms with E-state index in [-0.39, 0.29) is 24.8 Å². The summed E-state index contributed by atoms with van der Waals surface area (Å²) in [5, 5.41) is 2.85. The second-order valence-electron chi connectivity index (χ2n) is 6.79. The third kappa shape index (κ3) is 4.22. The smallest absolute Gasteiger partial charge is 0.270 e. The lowest BCUT2D eigenvalue weighted by atomic mass is 10.0. The summed E-state index contributed by atoms with van der Waals surface area (Å²) < 4.78 is 11.2. The fraction of sp³-hybridized carbons (Fsp3) is 0.333. The normalized spacial score (nSPS) is 14.9. The average molecular weight is 368 g/mol. The number of para-hydroxylation sites is 2. The van der Waals surface area contributed by atoms with Gasteiger partial charge in [-0.1, -0.05) is 12.1 Å². The number of carbonyl (C=O) groups is 2. The number of amides is 2. The van der Waals surface area contributed by atoms with Crippen LogP contribution in [-0.4, -0.2) is 30.6 Å². The summed E-state index contributed by atoms with van der Waals surface area (Å²) in [4.78, 5) is 26.7. The SMILES string of the molecule is CCOc1ccc(NC(=O)CCN2C(=O)C(C)(C)Oc3ccccc32)cc1. The molecule has 0 atom stereocenters. The number of rotatable bonds is 6. The van der Waals surface area contributed by atoms with Gasteiger partial charge in [-0.15, -0.1) is 0 Å². The Hall–Kier alpha value is -3.02. The van der Waals surface area contributed by atoms with Crippen LogP contribution >= 0.6 is 0 Å². The van der Waals surface area contributed by atoms with Crippen LogP contribution in [0.4, 0.5) is 11.4 Å². The molecule has 0 fully saturated rings. The maximum atomic E-state index is 12.7. The monoisotopic (exact) mass is 368 g/mol. The van der Waals surface area contributed by atoms with Gasteiger partial charge in [-0.3, -0.25) is 9.59 Å². The molecule has 1 aliphatic rings. The largest absolute Gasteiger partial charge is 0.494 e. The number of ether oxygens (including phenoxy) is 2. The highest BCUT2D eigenvalue weighted by Crippen LogP contribution is 2.37. The van der Waals surface area contributed by atoms with Crippen LogP contribution in [0.1, 0.15) is 27.2 Å². The molecule has 6 nitrogen and oxygen atoms in total. The molecule has 1 aliphatic heterocycles. The minimum atomic E-state index is -0.958. The summed E-state index contributed by atoms with van der Waals surface area (Å²) in [6.07, 6.45) is 0.184. The van der Waals surface area contributed by atoms with Gasteiger partial charge < -0.3 is 19.7 Å². The van der Waals surface area contributed by atoms with Gasteiger partial charge in [0.2, 0.25) is 5.91 Å². The molecular formula is C21H24N2O4. The molecule has 0 saturated carbocycles. The van der Waals surface area contributed by atoms with Gasteiger partial charge in [-0.05, 0) is 57.2 Å². The summed E-state index contributed by atoms with van der Waals surface area (Å²) in [6, 6.07) is 14.6. The van der Waals surface area contributed by atoms with Crippen LogP contribution in [0.15, 0.2) is 48.5 Å². The number of nitrogens with one attached hydrogen (secondary N) is 1. The lowest BCUT2D eigenvalue weighted by molar-refractivity contribution is -0.132. The molecule has 0 radical (unpaired) electrons. The number of carbonyl (C=O) groups excluding carboxylic acids is 2. The van der Waals surface area contributed by atoms with Gasteiger partial charge >= 0.3 is 0 Å². The van der Waals surface area contributed by atoms with Crippen molar-refractivity contribution in [3.8, 4) is 11.5 Å². The molecule has 2 amide bonds. The molecule has 2 aromatic carbocycles. The van der Waals surface area contributed by atoms with E-state index >= 15 is 0 Å². The number of benzene rings is 2. The van der Waals surface area contributed by atoms with E-state index in [1.165, 1.54) is 0 Å². The number of fused-ring (bicyclic) bond motifs is 1. The molecule has 6 heteroatoms. The van der Waals surface area contributed by atoms with Crippen LogP contribution in [0.3, 0.4) is 0 Å². The fourth-order valence-corrected chi connectivity index (χ4v) is 2.98. The molecule has 0 aromatic heterocycles. The zero-order chi connectivity index (χ0) is 19.4. The Kier molecular flexibility index (Phi) is 5.35. The summed E-state index contributed by atoms with van der Waals surface area (Å²) in [7, 11) is 0. The van der Waals surface area contributed by atoms with Crippen LogP contribution in [0, 0.1) is 0 Å². The summed E-state index contributed by atoms with van der Waals surface area (Å²) >= 11 is 0. The Labute approximate surface area is 159 Å². The summed E-state index contributed by atoms with van der Waals surface area (Å²) in [5.74, 6) is 1.09.